The Morgan fingerprint density at radius 1 is 1.35 bits per heavy atom. The van der Waals surface area contributed by atoms with Crippen LogP contribution in [0.3, 0.4) is 0 Å². The van der Waals surface area contributed by atoms with E-state index in [2.05, 4.69) is 11.9 Å². The van der Waals surface area contributed by atoms with Crippen molar-refractivity contribution in [1.82, 2.24) is 0 Å². The number of hydrogen-bond acceptors (Lipinski definition) is 3. The number of hydrogen-bond donors (Lipinski definition) is 1. The third-order valence-corrected chi connectivity index (χ3v) is 5.27. The molecule has 1 heterocycles. The summed E-state index contributed by atoms with van der Waals surface area (Å²) < 4.78 is 5.67. The first-order valence-corrected chi connectivity index (χ1v) is 9.61. The number of fused-ring (bicyclic) bond motifs is 1. The largest absolute Gasteiger partial charge is 0.479 e. The fourth-order valence-corrected chi connectivity index (χ4v) is 3.84. The van der Waals surface area contributed by atoms with E-state index in [1.54, 1.807) is 24.0 Å². The predicted molar refractivity (Wildman–Crippen MR) is 104 cm³/mol. The highest BCUT2D eigenvalue weighted by Crippen LogP contribution is 2.36. The molecule has 0 bridgehead atoms. The van der Waals surface area contributed by atoms with E-state index in [-0.39, 0.29) is 11.8 Å². The molecule has 26 heavy (non-hydrogen) atoms. The average Bonchev–Trinajstić information content (AvgIpc) is 2.65. The molecule has 0 radical (unpaired) electrons. The first-order chi connectivity index (χ1) is 12.6. The van der Waals surface area contributed by atoms with Gasteiger partial charge in [-0.25, -0.2) is 0 Å². The van der Waals surface area contributed by atoms with Crippen molar-refractivity contribution in [3.63, 3.8) is 0 Å². The van der Waals surface area contributed by atoms with E-state index in [0.29, 0.717) is 36.0 Å². The number of rotatable bonds is 6. The van der Waals surface area contributed by atoms with Crippen LogP contribution in [0.4, 0.5) is 11.4 Å². The van der Waals surface area contributed by atoms with Gasteiger partial charge in [-0.15, -0.1) is 6.58 Å². The Kier molecular flexibility index (Phi) is 5.96. The molecular formula is C21H28N2O3. The maximum absolute atomic E-state index is 12.4. The Labute approximate surface area is 155 Å². The molecule has 0 aromatic heterocycles. The van der Waals surface area contributed by atoms with Gasteiger partial charge in [0.05, 0.1) is 5.69 Å². The van der Waals surface area contributed by atoms with Crippen LogP contribution in [0, 0.1) is 5.92 Å². The van der Waals surface area contributed by atoms with Crippen molar-refractivity contribution in [1.29, 1.82) is 0 Å². The van der Waals surface area contributed by atoms with Crippen LogP contribution in [0.1, 0.15) is 51.9 Å². The first kappa shape index (κ1) is 18.5. The van der Waals surface area contributed by atoms with Crippen LogP contribution in [0.5, 0.6) is 5.75 Å². The van der Waals surface area contributed by atoms with Gasteiger partial charge in [0.2, 0.25) is 5.91 Å². The molecule has 1 N–H and O–H groups in total. The molecule has 3 rings (SSSR count). The van der Waals surface area contributed by atoms with Crippen LogP contribution < -0.4 is 15.0 Å². The van der Waals surface area contributed by atoms with Crippen molar-refractivity contribution in [2.24, 2.45) is 5.92 Å². The SMILES string of the molecule is C=CCN1C(=O)C(C)Oc2ccc(NC(=O)CCC3CCCCC3)cc21. The predicted octanol–water partition coefficient (Wildman–Crippen LogP) is 4.29. The lowest BCUT2D eigenvalue weighted by Crippen LogP contribution is -2.44. The maximum atomic E-state index is 12.4. The molecule has 1 unspecified atom stereocenters. The summed E-state index contributed by atoms with van der Waals surface area (Å²) in [6, 6.07) is 5.44. The summed E-state index contributed by atoms with van der Waals surface area (Å²) >= 11 is 0. The molecule has 2 aliphatic rings. The first-order valence-electron chi connectivity index (χ1n) is 9.61. The lowest BCUT2D eigenvalue weighted by Gasteiger charge is -2.32. The van der Waals surface area contributed by atoms with Crippen LogP contribution in [-0.4, -0.2) is 24.5 Å². The van der Waals surface area contributed by atoms with Crippen molar-refractivity contribution in [3.05, 3.63) is 30.9 Å². The standard InChI is InChI=1S/C21H28N2O3/c1-3-13-23-18-14-17(10-11-19(18)26-15(2)21(23)25)22-20(24)12-9-16-7-5-4-6-8-16/h3,10-11,14-16H,1,4-9,12-13H2,2H3,(H,22,24). The number of carbonyl (C=O) groups is 2. The number of anilines is 2. The fraction of sp³-hybridized carbons (Fsp3) is 0.524. The monoisotopic (exact) mass is 356 g/mol. The smallest absolute Gasteiger partial charge is 0.268 e. The highest BCUT2D eigenvalue weighted by molar-refractivity contribution is 6.01. The van der Waals surface area contributed by atoms with Crippen LogP contribution in [0.2, 0.25) is 0 Å². The Hall–Kier alpha value is -2.30. The number of nitrogens with zero attached hydrogens (tertiary/aromatic N) is 1. The summed E-state index contributed by atoms with van der Waals surface area (Å²) in [7, 11) is 0. The van der Waals surface area contributed by atoms with E-state index in [1.807, 2.05) is 12.1 Å². The van der Waals surface area contributed by atoms with E-state index in [9.17, 15) is 9.59 Å². The van der Waals surface area contributed by atoms with Crippen LogP contribution in [0.25, 0.3) is 0 Å². The minimum atomic E-state index is -0.515. The minimum Gasteiger partial charge on any atom is -0.479 e. The second kappa shape index (κ2) is 8.39. The molecule has 2 amide bonds. The van der Waals surface area contributed by atoms with Crippen molar-refractivity contribution in [2.45, 2.75) is 58.0 Å². The van der Waals surface area contributed by atoms with Crippen LogP contribution in [0.15, 0.2) is 30.9 Å². The molecule has 5 heteroatoms. The molecular weight excluding hydrogens is 328 g/mol. The normalized spacial score (nSPS) is 20.3. The molecule has 0 spiro atoms. The molecule has 140 valence electrons. The lowest BCUT2D eigenvalue weighted by molar-refractivity contribution is -0.125. The van der Waals surface area contributed by atoms with E-state index < -0.39 is 6.10 Å². The van der Waals surface area contributed by atoms with Gasteiger partial charge in [0.25, 0.3) is 5.91 Å². The van der Waals surface area contributed by atoms with Gasteiger partial charge in [-0.05, 0) is 37.5 Å². The second-order valence-corrected chi connectivity index (χ2v) is 7.27. The summed E-state index contributed by atoms with van der Waals surface area (Å²) in [4.78, 5) is 26.3. The molecule has 1 aromatic carbocycles. The summed E-state index contributed by atoms with van der Waals surface area (Å²) in [5.74, 6) is 1.27. The fourth-order valence-electron chi connectivity index (χ4n) is 3.84. The van der Waals surface area contributed by atoms with Crippen molar-refractivity contribution in [3.8, 4) is 5.75 Å². The summed E-state index contributed by atoms with van der Waals surface area (Å²) in [6.45, 7) is 5.88. The van der Waals surface area contributed by atoms with E-state index in [1.165, 1.54) is 32.1 Å². The topological polar surface area (TPSA) is 58.6 Å². The molecule has 5 nitrogen and oxygen atoms in total. The summed E-state index contributed by atoms with van der Waals surface area (Å²) in [5, 5.41) is 2.96. The number of benzene rings is 1. The van der Waals surface area contributed by atoms with Gasteiger partial charge >= 0.3 is 0 Å². The minimum absolute atomic E-state index is 0.0298. The van der Waals surface area contributed by atoms with Gasteiger partial charge in [-0.3, -0.25) is 9.59 Å². The quantitative estimate of drug-likeness (QED) is 0.774. The summed E-state index contributed by atoms with van der Waals surface area (Å²) in [5.41, 5.74) is 1.37. The molecule has 1 fully saturated rings. The number of ether oxygens (including phenoxy) is 1. The van der Waals surface area contributed by atoms with E-state index in [4.69, 9.17) is 4.74 Å². The molecule has 1 atom stereocenters. The molecule has 1 aliphatic heterocycles. The summed E-state index contributed by atoms with van der Waals surface area (Å²) in [6.07, 6.45) is 9.10. The van der Waals surface area contributed by atoms with E-state index >= 15 is 0 Å². The van der Waals surface area contributed by atoms with Gasteiger partial charge < -0.3 is 15.0 Å². The second-order valence-electron chi connectivity index (χ2n) is 7.27. The molecule has 1 saturated carbocycles. The highest BCUT2D eigenvalue weighted by atomic mass is 16.5. The zero-order valence-corrected chi connectivity index (χ0v) is 15.5. The third kappa shape index (κ3) is 4.26. The van der Waals surface area contributed by atoms with Gasteiger partial charge in [-0.1, -0.05) is 38.2 Å². The van der Waals surface area contributed by atoms with Gasteiger partial charge in [-0.2, -0.15) is 0 Å². The average molecular weight is 356 g/mol. The molecule has 1 aromatic rings. The number of carbonyl (C=O) groups excluding carboxylic acids is 2. The lowest BCUT2D eigenvalue weighted by atomic mass is 9.86. The van der Waals surface area contributed by atoms with Crippen LogP contribution in [-0.2, 0) is 9.59 Å². The van der Waals surface area contributed by atoms with Crippen molar-refractivity contribution < 1.29 is 14.3 Å². The zero-order chi connectivity index (χ0) is 18.5. The Balaban J connectivity index is 1.64. The highest BCUT2D eigenvalue weighted by Gasteiger charge is 2.31. The van der Waals surface area contributed by atoms with E-state index in [0.717, 1.165) is 6.42 Å². The Bertz CT molecular complexity index is 680. The Morgan fingerprint density at radius 3 is 2.85 bits per heavy atom. The zero-order valence-electron chi connectivity index (χ0n) is 15.5. The number of nitrogens with one attached hydrogen (secondary N) is 1. The molecule has 1 aliphatic carbocycles. The number of amides is 2. The van der Waals surface area contributed by atoms with Gasteiger partial charge in [0.15, 0.2) is 6.10 Å². The Morgan fingerprint density at radius 2 is 2.12 bits per heavy atom. The molecule has 0 saturated heterocycles. The van der Waals surface area contributed by atoms with Gasteiger partial charge in [0, 0.05) is 18.7 Å². The van der Waals surface area contributed by atoms with Gasteiger partial charge in [0.1, 0.15) is 5.75 Å². The third-order valence-electron chi connectivity index (χ3n) is 5.27. The van der Waals surface area contributed by atoms with Crippen molar-refractivity contribution in [2.75, 3.05) is 16.8 Å². The van der Waals surface area contributed by atoms with Crippen LogP contribution >= 0.6 is 0 Å². The maximum Gasteiger partial charge on any atom is 0.268 e. The van der Waals surface area contributed by atoms with Crippen molar-refractivity contribution >= 4 is 23.2 Å².